The summed E-state index contributed by atoms with van der Waals surface area (Å²) in [5, 5.41) is 17.6. The molecule has 96 valence electrons. The molecule has 1 aromatic heterocycles. The molecule has 0 radical (unpaired) electrons. The van der Waals surface area contributed by atoms with E-state index in [0.717, 1.165) is 19.7 Å². The molecular formula is C11H20N4O2. The van der Waals surface area contributed by atoms with Crippen molar-refractivity contribution in [1.29, 1.82) is 0 Å². The van der Waals surface area contributed by atoms with Crippen LogP contribution in [0.3, 0.4) is 0 Å². The van der Waals surface area contributed by atoms with E-state index >= 15 is 0 Å². The molecular weight excluding hydrogens is 220 g/mol. The Hall–Kier alpha value is -0.980. The molecule has 0 aliphatic carbocycles. The van der Waals surface area contributed by atoms with Gasteiger partial charge in [-0.05, 0) is 13.5 Å². The van der Waals surface area contributed by atoms with Crippen molar-refractivity contribution in [3.8, 4) is 0 Å². The smallest absolute Gasteiger partial charge is 0.111 e. The van der Waals surface area contributed by atoms with Gasteiger partial charge >= 0.3 is 0 Å². The van der Waals surface area contributed by atoms with Crippen LogP contribution in [0.4, 0.5) is 0 Å². The van der Waals surface area contributed by atoms with Crippen LogP contribution in [0.5, 0.6) is 0 Å². The Morgan fingerprint density at radius 1 is 1.65 bits per heavy atom. The first-order chi connectivity index (χ1) is 8.19. The van der Waals surface area contributed by atoms with Gasteiger partial charge in [-0.1, -0.05) is 12.1 Å². The summed E-state index contributed by atoms with van der Waals surface area (Å²) < 4.78 is 7.40. The normalized spacial score (nSPS) is 23.8. The van der Waals surface area contributed by atoms with Gasteiger partial charge in [0.15, 0.2) is 0 Å². The van der Waals surface area contributed by atoms with Gasteiger partial charge in [-0.2, -0.15) is 0 Å². The van der Waals surface area contributed by atoms with E-state index in [9.17, 15) is 5.11 Å². The van der Waals surface area contributed by atoms with Gasteiger partial charge in [0.05, 0.1) is 31.6 Å². The molecule has 0 aromatic carbocycles. The second kappa shape index (κ2) is 5.57. The average Bonchev–Trinajstić information content (AvgIpc) is 2.76. The van der Waals surface area contributed by atoms with E-state index in [0.29, 0.717) is 18.7 Å². The first-order valence-electron chi connectivity index (χ1n) is 6.07. The van der Waals surface area contributed by atoms with E-state index < -0.39 is 6.10 Å². The molecule has 1 aliphatic rings. The number of aliphatic hydroxyl groups is 1. The molecule has 2 rings (SSSR count). The second-order valence-electron chi connectivity index (χ2n) is 4.54. The largest absolute Gasteiger partial charge is 0.387 e. The highest BCUT2D eigenvalue weighted by molar-refractivity contribution is 4.96. The lowest BCUT2D eigenvalue weighted by atomic mass is 10.2. The number of ether oxygens (including phenoxy) is 1. The fourth-order valence-corrected chi connectivity index (χ4v) is 1.95. The van der Waals surface area contributed by atoms with E-state index in [1.165, 1.54) is 0 Å². The summed E-state index contributed by atoms with van der Waals surface area (Å²) in [5.41, 5.74) is 0.636. The fourth-order valence-electron chi connectivity index (χ4n) is 1.95. The van der Waals surface area contributed by atoms with Crippen molar-refractivity contribution in [3.05, 3.63) is 11.9 Å². The van der Waals surface area contributed by atoms with Crippen molar-refractivity contribution in [2.24, 2.45) is 0 Å². The second-order valence-corrected chi connectivity index (χ2v) is 4.54. The van der Waals surface area contributed by atoms with Crippen LogP contribution < -0.4 is 0 Å². The average molecular weight is 240 g/mol. The van der Waals surface area contributed by atoms with Crippen molar-refractivity contribution in [2.75, 3.05) is 26.7 Å². The highest BCUT2D eigenvalue weighted by atomic mass is 16.5. The molecule has 0 saturated carbocycles. The van der Waals surface area contributed by atoms with Gasteiger partial charge in [0.25, 0.3) is 0 Å². The molecule has 1 saturated heterocycles. The van der Waals surface area contributed by atoms with Crippen LogP contribution in [0.2, 0.25) is 0 Å². The Morgan fingerprint density at radius 3 is 3.18 bits per heavy atom. The highest BCUT2D eigenvalue weighted by Gasteiger charge is 2.19. The van der Waals surface area contributed by atoms with Gasteiger partial charge in [0, 0.05) is 13.1 Å². The Balaban J connectivity index is 1.92. The van der Waals surface area contributed by atoms with Crippen molar-refractivity contribution >= 4 is 0 Å². The van der Waals surface area contributed by atoms with Gasteiger partial charge in [-0.15, -0.1) is 5.10 Å². The first kappa shape index (κ1) is 12.5. The Kier molecular flexibility index (Phi) is 4.09. The number of nitrogens with zero attached hydrogens (tertiary/aromatic N) is 4. The molecule has 1 N–H and O–H groups in total. The van der Waals surface area contributed by atoms with Gasteiger partial charge in [0.1, 0.15) is 5.69 Å². The molecule has 0 amide bonds. The van der Waals surface area contributed by atoms with Crippen molar-refractivity contribution < 1.29 is 9.84 Å². The maximum absolute atomic E-state index is 9.64. The molecule has 2 atom stereocenters. The zero-order chi connectivity index (χ0) is 12.3. The van der Waals surface area contributed by atoms with E-state index in [2.05, 4.69) is 22.3 Å². The predicted molar refractivity (Wildman–Crippen MR) is 62.5 cm³/mol. The summed E-state index contributed by atoms with van der Waals surface area (Å²) in [4.78, 5) is 2.24. The SMILES string of the molecule is CCC(O)c1cn(CC2CN(C)CCO2)nn1. The van der Waals surface area contributed by atoms with Crippen LogP contribution in [-0.4, -0.2) is 57.8 Å². The fraction of sp³-hybridized carbons (Fsp3) is 0.818. The third-order valence-corrected chi connectivity index (χ3v) is 3.02. The molecule has 6 heteroatoms. The van der Waals surface area contributed by atoms with E-state index in [4.69, 9.17) is 4.74 Å². The van der Waals surface area contributed by atoms with Crippen LogP contribution in [0, 0.1) is 0 Å². The minimum absolute atomic E-state index is 0.155. The molecule has 1 aromatic rings. The lowest BCUT2D eigenvalue weighted by Crippen LogP contribution is -2.42. The summed E-state index contributed by atoms with van der Waals surface area (Å²) in [6, 6.07) is 0. The third-order valence-electron chi connectivity index (χ3n) is 3.02. The first-order valence-corrected chi connectivity index (χ1v) is 6.07. The summed E-state index contributed by atoms with van der Waals surface area (Å²) in [6.07, 6.45) is 2.09. The third kappa shape index (κ3) is 3.24. The van der Waals surface area contributed by atoms with Crippen LogP contribution in [0.25, 0.3) is 0 Å². The number of aliphatic hydroxyl groups excluding tert-OH is 1. The molecule has 0 spiro atoms. The minimum Gasteiger partial charge on any atom is -0.387 e. The van der Waals surface area contributed by atoms with Crippen LogP contribution in [-0.2, 0) is 11.3 Å². The maximum Gasteiger partial charge on any atom is 0.111 e. The molecule has 1 fully saturated rings. The number of hydrogen-bond donors (Lipinski definition) is 1. The molecule has 17 heavy (non-hydrogen) atoms. The summed E-state index contributed by atoms with van der Waals surface area (Å²) in [6.45, 7) is 5.26. The number of aromatic nitrogens is 3. The van der Waals surface area contributed by atoms with Gasteiger partial charge in [0.2, 0.25) is 0 Å². The lowest BCUT2D eigenvalue weighted by molar-refractivity contribution is -0.0292. The standard InChI is InChI=1S/C11H20N4O2/c1-3-11(16)10-8-15(13-12-10)7-9-6-14(2)4-5-17-9/h8-9,11,16H,3-7H2,1-2H3. The van der Waals surface area contributed by atoms with E-state index in [1.807, 2.05) is 6.92 Å². The number of rotatable bonds is 4. The van der Waals surface area contributed by atoms with Gasteiger partial charge < -0.3 is 14.7 Å². The van der Waals surface area contributed by atoms with E-state index in [-0.39, 0.29) is 6.10 Å². The Morgan fingerprint density at radius 2 is 2.47 bits per heavy atom. The predicted octanol–water partition coefficient (Wildman–Crippen LogP) is 0.0521. The van der Waals surface area contributed by atoms with Crippen LogP contribution in [0.1, 0.15) is 25.1 Å². The minimum atomic E-state index is -0.515. The maximum atomic E-state index is 9.64. The Labute approximate surface area is 101 Å². The molecule has 0 bridgehead atoms. The van der Waals surface area contributed by atoms with Crippen molar-refractivity contribution in [2.45, 2.75) is 32.1 Å². The summed E-state index contributed by atoms with van der Waals surface area (Å²) in [7, 11) is 2.09. The molecule has 1 aliphatic heterocycles. The highest BCUT2D eigenvalue weighted by Crippen LogP contribution is 2.13. The number of likely N-dealkylation sites (N-methyl/N-ethyl adjacent to an activating group) is 1. The van der Waals surface area contributed by atoms with Crippen LogP contribution >= 0.6 is 0 Å². The van der Waals surface area contributed by atoms with Crippen molar-refractivity contribution in [3.63, 3.8) is 0 Å². The monoisotopic (exact) mass is 240 g/mol. The van der Waals surface area contributed by atoms with E-state index in [1.54, 1.807) is 10.9 Å². The number of hydrogen-bond acceptors (Lipinski definition) is 5. The van der Waals surface area contributed by atoms with Gasteiger partial charge in [-0.3, -0.25) is 0 Å². The molecule has 2 unspecified atom stereocenters. The van der Waals surface area contributed by atoms with Crippen molar-refractivity contribution in [1.82, 2.24) is 19.9 Å². The lowest BCUT2D eigenvalue weighted by Gasteiger charge is -2.29. The molecule has 2 heterocycles. The zero-order valence-corrected chi connectivity index (χ0v) is 10.4. The summed E-state index contributed by atoms with van der Waals surface area (Å²) in [5.74, 6) is 0. The summed E-state index contributed by atoms with van der Waals surface area (Å²) >= 11 is 0. The van der Waals surface area contributed by atoms with Gasteiger partial charge in [-0.25, -0.2) is 4.68 Å². The van der Waals surface area contributed by atoms with Crippen LogP contribution in [0.15, 0.2) is 6.20 Å². The Bertz CT molecular complexity index is 355. The zero-order valence-electron chi connectivity index (χ0n) is 10.4. The quantitative estimate of drug-likeness (QED) is 0.806. The topological polar surface area (TPSA) is 63.4 Å². The molecule has 6 nitrogen and oxygen atoms in total. The number of morpholine rings is 1.